The first-order valence-corrected chi connectivity index (χ1v) is 7.64. The number of hydrogen-bond donors (Lipinski definition) is 1. The maximum atomic E-state index is 11.3. The van der Waals surface area contributed by atoms with Crippen LogP contribution in [-0.2, 0) is 9.53 Å². The van der Waals surface area contributed by atoms with E-state index in [0.717, 1.165) is 12.8 Å². The van der Waals surface area contributed by atoms with Crippen LogP contribution in [0.15, 0.2) is 0 Å². The zero-order chi connectivity index (χ0) is 13.6. The molecular weight excluding hydrogens is 226 g/mol. The van der Waals surface area contributed by atoms with E-state index in [9.17, 15) is 4.79 Å². The van der Waals surface area contributed by atoms with Gasteiger partial charge in [-0.2, -0.15) is 0 Å². The predicted molar refractivity (Wildman–Crippen MR) is 76.5 cm³/mol. The Bertz CT molecular complexity index is 195. The van der Waals surface area contributed by atoms with Crippen LogP contribution >= 0.6 is 0 Å². The lowest BCUT2D eigenvalue weighted by Gasteiger charge is -2.09. The second-order valence-corrected chi connectivity index (χ2v) is 4.98. The molecule has 108 valence electrons. The molecule has 18 heavy (non-hydrogen) atoms. The van der Waals surface area contributed by atoms with Crippen LogP contribution in [0.25, 0.3) is 0 Å². The van der Waals surface area contributed by atoms with Crippen LogP contribution in [0.5, 0.6) is 0 Å². The molecule has 0 aliphatic carbocycles. The largest absolute Gasteiger partial charge is 0.465 e. The van der Waals surface area contributed by atoms with Gasteiger partial charge in [0.25, 0.3) is 0 Å². The van der Waals surface area contributed by atoms with Crippen LogP contribution in [0.1, 0.15) is 78.1 Å². The molecule has 0 saturated heterocycles. The molecule has 0 fully saturated rings. The molecule has 0 bridgehead atoms. The van der Waals surface area contributed by atoms with Gasteiger partial charge in [0.05, 0.1) is 6.61 Å². The van der Waals surface area contributed by atoms with Crippen molar-refractivity contribution in [3.8, 4) is 0 Å². The first-order chi connectivity index (χ1) is 8.72. The van der Waals surface area contributed by atoms with E-state index in [1.54, 1.807) is 0 Å². The van der Waals surface area contributed by atoms with Gasteiger partial charge in [0.1, 0.15) is 6.04 Å². The van der Waals surface area contributed by atoms with Crippen LogP contribution in [-0.4, -0.2) is 18.6 Å². The minimum absolute atomic E-state index is 0.253. The number of nitrogens with two attached hydrogens (primary N) is 1. The maximum absolute atomic E-state index is 11.3. The molecule has 0 amide bonds. The highest BCUT2D eigenvalue weighted by molar-refractivity contribution is 5.75. The Morgan fingerprint density at radius 1 is 0.944 bits per heavy atom. The van der Waals surface area contributed by atoms with Crippen LogP contribution in [0.3, 0.4) is 0 Å². The molecule has 0 aromatic rings. The molecule has 3 heteroatoms. The van der Waals surface area contributed by atoms with Crippen LogP contribution in [0, 0.1) is 0 Å². The van der Waals surface area contributed by atoms with Gasteiger partial charge in [-0.05, 0) is 13.3 Å². The number of carbonyl (C=O) groups excluding carboxylic acids is 1. The SMILES string of the molecule is CCCCCCCCCCCC(N)C(=O)OCC. The van der Waals surface area contributed by atoms with Crippen molar-refractivity contribution in [2.75, 3.05) is 6.61 Å². The Labute approximate surface area is 112 Å². The lowest BCUT2D eigenvalue weighted by atomic mass is 10.0. The van der Waals surface area contributed by atoms with Crippen molar-refractivity contribution in [2.45, 2.75) is 84.1 Å². The summed E-state index contributed by atoms with van der Waals surface area (Å²) >= 11 is 0. The number of carbonyl (C=O) groups is 1. The molecule has 0 radical (unpaired) electrons. The molecule has 0 aromatic heterocycles. The molecule has 0 aliphatic heterocycles. The van der Waals surface area contributed by atoms with Gasteiger partial charge in [-0.3, -0.25) is 4.79 Å². The summed E-state index contributed by atoms with van der Waals surface area (Å²) in [5, 5.41) is 0. The van der Waals surface area contributed by atoms with Crippen molar-refractivity contribution in [1.82, 2.24) is 0 Å². The fourth-order valence-corrected chi connectivity index (χ4v) is 2.04. The Kier molecular flexibility index (Phi) is 12.5. The average Bonchev–Trinajstić information content (AvgIpc) is 2.36. The molecule has 0 heterocycles. The van der Waals surface area contributed by atoms with Crippen molar-refractivity contribution >= 4 is 5.97 Å². The van der Waals surface area contributed by atoms with Crippen molar-refractivity contribution < 1.29 is 9.53 Å². The summed E-state index contributed by atoms with van der Waals surface area (Å²) in [6.07, 6.45) is 12.3. The fraction of sp³-hybridized carbons (Fsp3) is 0.933. The van der Waals surface area contributed by atoms with Gasteiger partial charge in [-0.1, -0.05) is 64.7 Å². The quantitative estimate of drug-likeness (QED) is 0.427. The van der Waals surface area contributed by atoms with Gasteiger partial charge in [0.15, 0.2) is 0 Å². The van der Waals surface area contributed by atoms with Crippen molar-refractivity contribution in [3.05, 3.63) is 0 Å². The summed E-state index contributed by atoms with van der Waals surface area (Å²) in [5.74, 6) is -0.253. The van der Waals surface area contributed by atoms with Gasteiger partial charge < -0.3 is 10.5 Å². The molecule has 0 aliphatic rings. The molecule has 0 saturated carbocycles. The second kappa shape index (κ2) is 12.9. The molecule has 0 aromatic carbocycles. The normalized spacial score (nSPS) is 12.4. The molecule has 2 N–H and O–H groups in total. The van der Waals surface area contributed by atoms with E-state index in [0.29, 0.717) is 6.61 Å². The van der Waals surface area contributed by atoms with E-state index in [1.807, 2.05) is 6.92 Å². The van der Waals surface area contributed by atoms with E-state index >= 15 is 0 Å². The van der Waals surface area contributed by atoms with Gasteiger partial charge in [0, 0.05) is 0 Å². The molecular formula is C15H31NO2. The standard InChI is InChI=1S/C15H31NO2/c1-3-5-6-7-8-9-10-11-12-13-14(16)15(17)18-4-2/h14H,3-13,16H2,1-2H3. The first-order valence-electron chi connectivity index (χ1n) is 7.64. The monoisotopic (exact) mass is 257 g/mol. The fourth-order valence-electron chi connectivity index (χ4n) is 2.04. The van der Waals surface area contributed by atoms with Crippen molar-refractivity contribution in [1.29, 1.82) is 0 Å². The molecule has 3 nitrogen and oxygen atoms in total. The second-order valence-electron chi connectivity index (χ2n) is 4.98. The number of rotatable bonds is 12. The van der Waals surface area contributed by atoms with Crippen LogP contribution in [0.2, 0.25) is 0 Å². The summed E-state index contributed by atoms with van der Waals surface area (Å²) < 4.78 is 4.87. The Morgan fingerprint density at radius 3 is 1.94 bits per heavy atom. The zero-order valence-corrected chi connectivity index (χ0v) is 12.2. The maximum Gasteiger partial charge on any atom is 0.322 e. The first kappa shape index (κ1) is 17.4. The van der Waals surface area contributed by atoms with Crippen molar-refractivity contribution in [2.24, 2.45) is 5.73 Å². The van der Waals surface area contributed by atoms with E-state index in [2.05, 4.69) is 6.92 Å². The molecule has 0 spiro atoms. The summed E-state index contributed by atoms with van der Waals surface area (Å²) in [6.45, 7) is 4.47. The molecule has 1 atom stereocenters. The predicted octanol–water partition coefficient (Wildman–Crippen LogP) is 3.80. The lowest BCUT2D eigenvalue weighted by Crippen LogP contribution is -2.32. The van der Waals surface area contributed by atoms with Gasteiger partial charge in [-0.25, -0.2) is 0 Å². The van der Waals surface area contributed by atoms with Crippen LogP contribution < -0.4 is 5.73 Å². The van der Waals surface area contributed by atoms with Crippen LogP contribution in [0.4, 0.5) is 0 Å². The molecule has 0 rings (SSSR count). The van der Waals surface area contributed by atoms with Gasteiger partial charge in [0.2, 0.25) is 0 Å². The minimum atomic E-state index is -0.422. The van der Waals surface area contributed by atoms with Gasteiger partial charge in [-0.15, -0.1) is 0 Å². The summed E-state index contributed by atoms with van der Waals surface area (Å²) in [5.41, 5.74) is 5.72. The third-order valence-electron chi connectivity index (χ3n) is 3.21. The number of esters is 1. The van der Waals surface area contributed by atoms with E-state index < -0.39 is 6.04 Å². The Hall–Kier alpha value is -0.570. The minimum Gasteiger partial charge on any atom is -0.465 e. The Balaban J connectivity index is 3.22. The Morgan fingerprint density at radius 2 is 1.44 bits per heavy atom. The van der Waals surface area contributed by atoms with E-state index in [-0.39, 0.29) is 5.97 Å². The third-order valence-corrected chi connectivity index (χ3v) is 3.21. The smallest absolute Gasteiger partial charge is 0.322 e. The van der Waals surface area contributed by atoms with E-state index in [4.69, 9.17) is 10.5 Å². The molecule has 1 unspecified atom stereocenters. The summed E-state index contributed by atoms with van der Waals surface area (Å²) in [4.78, 5) is 11.3. The van der Waals surface area contributed by atoms with Crippen molar-refractivity contribution in [3.63, 3.8) is 0 Å². The van der Waals surface area contributed by atoms with Gasteiger partial charge >= 0.3 is 5.97 Å². The highest BCUT2D eigenvalue weighted by Gasteiger charge is 2.13. The third kappa shape index (κ3) is 10.6. The zero-order valence-electron chi connectivity index (χ0n) is 12.2. The number of ether oxygens (including phenoxy) is 1. The summed E-state index contributed by atoms with van der Waals surface area (Å²) in [7, 11) is 0. The summed E-state index contributed by atoms with van der Waals surface area (Å²) in [6, 6.07) is -0.422. The number of unbranched alkanes of at least 4 members (excludes halogenated alkanes) is 8. The number of hydrogen-bond acceptors (Lipinski definition) is 3. The lowest BCUT2D eigenvalue weighted by molar-refractivity contribution is -0.144. The average molecular weight is 257 g/mol. The van der Waals surface area contributed by atoms with E-state index in [1.165, 1.54) is 51.4 Å². The highest BCUT2D eigenvalue weighted by atomic mass is 16.5. The topological polar surface area (TPSA) is 52.3 Å². The highest BCUT2D eigenvalue weighted by Crippen LogP contribution is 2.11.